The predicted octanol–water partition coefficient (Wildman–Crippen LogP) is 2.51. The third-order valence-electron chi connectivity index (χ3n) is 4.72. The molecule has 0 aromatic heterocycles. The molecule has 0 saturated carbocycles. The maximum Gasteiger partial charge on any atom is 0.413 e. The van der Waals surface area contributed by atoms with E-state index in [1.807, 2.05) is 26.1 Å². The summed E-state index contributed by atoms with van der Waals surface area (Å²) in [6, 6.07) is 0. The summed E-state index contributed by atoms with van der Waals surface area (Å²) in [4.78, 5) is 23.6. The molecule has 1 aromatic rings. The Kier molecular flexibility index (Phi) is 7.35. The van der Waals surface area contributed by atoms with E-state index >= 15 is 0 Å². The first-order chi connectivity index (χ1) is 12.0. The molecule has 1 rings (SSSR count). The summed E-state index contributed by atoms with van der Waals surface area (Å²) in [5, 5.41) is 2.02. The topological polar surface area (TPSA) is 92.8 Å². The summed E-state index contributed by atoms with van der Waals surface area (Å²) in [5.41, 5.74) is 4.24. The zero-order chi connectivity index (χ0) is 20.2. The van der Waals surface area contributed by atoms with Crippen LogP contribution in [0.25, 0.3) is 0 Å². The summed E-state index contributed by atoms with van der Waals surface area (Å²) in [6.07, 6.45) is -0.889. The molecule has 1 N–H and O–H groups in total. The van der Waals surface area contributed by atoms with Crippen molar-refractivity contribution < 1.29 is 22.7 Å². The third kappa shape index (κ3) is 4.42. The van der Waals surface area contributed by atoms with Crippen LogP contribution in [0.2, 0.25) is 0 Å². The average Bonchev–Trinajstić information content (AvgIpc) is 2.55. The molecule has 0 atom stereocenters. The van der Waals surface area contributed by atoms with Crippen LogP contribution in [-0.2, 0) is 19.6 Å². The van der Waals surface area contributed by atoms with Gasteiger partial charge in [0.2, 0.25) is 15.9 Å². The molecule has 0 aliphatic heterocycles. The molecular formula is C18H28N2O5S. The molecule has 0 fully saturated rings. The lowest BCUT2D eigenvalue weighted by Crippen LogP contribution is -2.43. The molecule has 146 valence electrons. The molecule has 0 bridgehead atoms. The fraction of sp³-hybridized carbons (Fsp3) is 0.556. The molecule has 0 unspecified atom stereocenters. The first-order valence-corrected chi connectivity index (χ1v) is 9.96. The molecule has 7 nitrogen and oxygen atoms in total. The van der Waals surface area contributed by atoms with E-state index in [9.17, 15) is 18.0 Å². The molecule has 0 aliphatic carbocycles. The minimum atomic E-state index is -3.90. The van der Waals surface area contributed by atoms with Gasteiger partial charge >= 0.3 is 6.09 Å². The summed E-state index contributed by atoms with van der Waals surface area (Å²) in [5.74, 6) is -0.732. The van der Waals surface area contributed by atoms with Crippen molar-refractivity contribution in [3.8, 4) is 0 Å². The molecule has 1 aromatic carbocycles. The Balaban J connectivity index is 3.27. The first-order valence-electron chi connectivity index (χ1n) is 8.52. The summed E-state index contributed by atoms with van der Waals surface area (Å²) < 4.78 is 32.1. The van der Waals surface area contributed by atoms with Crippen molar-refractivity contribution in [1.29, 1.82) is 0 Å². The van der Waals surface area contributed by atoms with Crippen LogP contribution in [0.3, 0.4) is 0 Å². The van der Waals surface area contributed by atoms with E-state index in [2.05, 4.69) is 4.74 Å². The Bertz CT molecular complexity index is 786. The van der Waals surface area contributed by atoms with Crippen molar-refractivity contribution in [3.05, 3.63) is 27.8 Å². The number of amides is 2. The van der Waals surface area contributed by atoms with Gasteiger partial charge in [0.15, 0.2) is 0 Å². The van der Waals surface area contributed by atoms with Crippen LogP contribution in [0.1, 0.15) is 41.7 Å². The van der Waals surface area contributed by atoms with Crippen LogP contribution in [0.5, 0.6) is 0 Å². The van der Waals surface area contributed by atoms with E-state index in [0.29, 0.717) is 11.1 Å². The van der Waals surface area contributed by atoms with Gasteiger partial charge in [-0.15, -0.1) is 0 Å². The summed E-state index contributed by atoms with van der Waals surface area (Å²) in [6.45, 7) is 12.3. The number of imide groups is 1. The standard InChI is InChI=1S/C18H28N2O5S/c1-8-20(10-16(21)19-18(22)25-9-2)26(23,24)17-14(6)12(4)11(3)13(5)15(17)7/h8-10H2,1-7H3,(H,19,21,22). The van der Waals surface area contributed by atoms with Gasteiger partial charge in [-0.1, -0.05) is 6.92 Å². The van der Waals surface area contributed by atoms with Crippen molar-refractivity contribution in [1.82, 2.24) is 9.62 Å². The molecule has 0 radical (unpaired) electrons. The van der Waals surface area contributed by atoms with Crippen molar-refractivity contribution in [2.45, 2.75) is 53.4 Å². The highest BCUT2D eigenvalue weighted by atomic mass is 32.2. The van der Waals surface area contributed by atoms with Gasteiger partial charge in [0, 0.05) is 6.54 Å². The maximum atomic E-state index is 13.2. The molecule has 0 saturated heterocycles. The Hall–Kier alpha value is -1.93. The normalized spacial score (nSPS) is 11.5. The number of nitrogens with zero attached hydrogens (tertiary/aromatic N) is 1. The second-order valence-electron chi connectivity index (χ2n) is 6.15. The largest absolute Gasteiger partial charge is 0.450 e. The van der Waals surface area contributed by atoms with E-state index in [1.54, 1.807) is 27.7 Å². The number of carbonyl (C=O) groups is 2. The first kappa shape index (κ1) is 22.1. The Morgan fingerprint density at radius 3 is 1.81 bits per heavy atom. The molecule has 26 heavy (non-hydrogen) atoms. The van der Waals surface area contributed by atoms with Gasteiger partial charge in [-0.2, -0.15) is 4.31 Å². The highest BCUT2D eigenvalue weighted by Crippen LogP contribution is 2.31. The predicted molar refractivity (Wildman–Crippen MR) is 99.7 cm³/mol. The fourth-order valence-electron chi connectivity index (χ4n) is 2.83. The van der Waals surface area contributed by atoms with Crippen LogP contribution in [-0.4, -0.2) is 44.4 Å². The van der Waals surface area contributed by atoms with Crippen molar-refractivity contribution in [2.75, 3.05) is 19.7 Å². The van der Waals surface area contributed by atoms with Gasteiger partial charge in [-0.3, -0.25) is 10.1 Å². The van der Waals surface area contributed by atoms with Crippen LogP contribution in [0, 0.1) is 34.6 Å². The number of benzene rings is 1. The highest BCUT2D eigenvalue weighted by Gasteiger charge is 2.30. The van der Waals surface area contributed by atoms with Gasteiger partial charge in [-0.25, -0.2) is 13.2 Å². The Labute approximate surface area is 155 Å². The highest BCUT2D eigenvalue weighted by molar-refractivity contribution is 7.89. The number of rotatable bonds is 6. The van der Waals surface area contributed by atoms with Crippen molar-refractivity contribution >= 4 is 22.0 Å². The molecule has 0 aliphatic rings. The van der Waals surface area contributed by atoms with Gasteiger partial charge in [0.25, 0.3) is 0 Å². The number of ether oxygens (including phenoxy) is 1. The number of hydrogen-bond acceptors (Lipinski definition) is 5. The number of nitrogens with one attached hydrogen (secondary N) is 1. The zero-order valence-corrected chi connectivity index (χ0v) is 17.3. The number of carbonyl (C=O) groups excluding carboxylic acids is 2. The SMILES string of the molecule is CCOC(=O)NC(=O)CN(CC)S(=O)(=O)c1c(C)c(C)c(C)c(C)c1C. The quantitative estimate of drug-likeness (QED) is 0.813. The zero-order valence-electron chi connectivity index (χ0n) is 16.5. The van der Waals surface area contributed by atoms with Crippen molar-refractivity contribution in [2.24, 2.45) is 0 Å². The Morgan fingerprint density at radius 1 is 0.923 bits per heavy atom. The van der Waals surface area contributed by atoms with Gasteiger partial charge in [-0.05, 0) is 69.4 Å². The van der Waals surface area contributed by atoms with E-state index in [-0.39, 0.29) is 18.0 Å². The summed E-state index contributed by atoms with van der Waals surface area (Å²) >= 11 is 0. The maximum absolute atomic E-state index is 13.2. The van der Waals surface area contributed by atoms with Crippen LogP contribution in [0.15, 0.2) is 4.90 Å². The molecule has 8 heteroatoms. The Morgan fingerprint density at radius 2 is 1.38 bits per heavy atom. The van der Waals surface area contributed by atoms with E-state index in [4.69, 9.17) is 0 Å². The van der Waals surface area contributed by atoms with Gasteiger partial charge in [0.05, 0.1) is 18.0 Å². The minimum absolute atomic E-state index is 0.101. The smallest absolute Gasteiger partial charge is 0.413 e. The van der Waals surface area contributed by atoms with Crippen LogP contribution in [0.4, 0.5) is 4.79 Å². The summed E-state index contributed by atoms with van der Waals surface area (Å²) in [7, 11) is -3.90. The minimum Gasteiger partial charge on any atom is -0.450 e. The number of likely N-dealkylation sites (N-methyl/N-ethyl adjacent to an activating group) is 1. The van der Waals surface area contributed by atoms with Gasteiger partial charge in [0.1, 0.15) is 0 Å². The van der Waals surface area contributed by atoms with E-state index < -0.39 is 28.6 Å². The molecule has 2 amide bonds. The number of hydrogen-bond donors (Lipinski definition) is 1. The van der Waals surface area contributed by atoms with Gasteiger partial charge < -0.3 is 4.74 Å². The fourth-order valence-corrected chi connectivity index (χ4v) is 4.79. The third-order valence-corrected chi connectivity index (χ3v) is 6.91. The second kappa shape index (κ2) is 8.64. The van der Waals surface area contributed by atoms with E-state index in [0.717, 1.165) is 21.0 Å². The number of alkyl carbamates (subject to hydrolysis) is 1. The molecular weight excluding hydrogens is 356 g/mol. The van der Waals surface area contributed by atoms with E-state index in [1.165, 1.54) is 0 Å². The molecule has 0 spiro atoms. The van der Waals surface area contributed by atoms with Crippen LogP contribution < -0.4 is 5.32 Å². The lowest BCUT2D eigenvalue weighted by molar-refractivity contribution is -0.120. The monoisotopic (exact) mass is 384 g/mol. The van der Waals surface area contributed by atoms with Crippen LogP contribution >= 0.6 is 0 Å². The molecule has 0 heterocycles. The second-order valence-corrected chi connectivity index (χ2v) is 8.03. The average molecular weight is 384 g/mol. The lowest BCUT2D eigenvalue weighted by atomic mass is 9.95. The van der Waals surface area contributed by atoms with Crippen molar-refractivity contribution in [3.63, 3.8) is 0 Å². The number of sulfonamides is 1. The lowest BCUT2D eigenvalue weighted by Gasteiger charge is -2.25.